The Balaban J connectivity index is 1.85. The van der Waals surface area contributed by atoms with E-state index in [9.17, 15) is 9.59 Å². The SMILES string of the molecule is Cc1cccc(CSCC(=O)N(Cc2ccccc2Cl)C(Cc2ccccc2)C(=O)NC(C)C)c1. The minimum absolute atomic E-state index is 0.0336. The van der Waals surface area contributed by atoms with Gasteiger partial charge in [0.1, 0.15) is 6.04 Å². The molecular weight excluding hydrogens is 476 g/mol. The van der Waals surface area contributed by atoms with Gasteiger partial charge in [0.25, 0.3) is 0 Å². The molecule has 4 nitrogen and oxygen atoms in total. The molecule has 35 heavy (non-hydrogen) atoms. The monoisotopic (exact) mass is 508 g/mol. The summed E-state index contributed by atoms with van der Waals surface area (Å²) in [5, 5.41) is 3.60. The van der Waals surface area contributed by atoms with E-state index in [0.717, 1.165) is 16.9 Å². The largest absolute Gasteiger partial charge is 0.352 e. The number of carbonyl (C=O) groups is 2. The van der Waals surface area contributed by atoms with Gasteiger partial charge in [0.2, 0.25) is 11.8 Å². The van der Waals surface area contributed by atoms with Gasteiger partial charge in [-0.25, -0.2) is 0 Å². The molecular formula is C29H33ClN2O2S. The van der Waals surface area contributed by atoms with E-state index in [1.165, 1.54) is 11.1 Å². The summed E-state index contributed by atoms with van der Waals surface area (Å²) in [5.41, 5.74) is 4.20. The van der Waals surface area contributed by atoms with Crippen LogP contribution in [0.15, 0.2) is 78.9 Å². The van der Waals surface area contributed by atoms with Crippen molar-refractivity contribution in [3.63, 3.8) is 0 Å². The summed E-state index contributed by atoms with van der Waals surface area (Å²) in [6, 6.07) is 24.9. The van der Waals surface area contributed by atoms with Crippen molar-refractivity contribution in [3.05, 3.63) is 106 Å². The van der Waals surface area contributed by atoms with Crippen LogP contribution in [-0.4, -0.2) is 34.6 Å². The van der Waals surface area contributed by atoms with Crippen molar-refractivity contribution in [1.82, 2.24) is 10.2 Å². The van der Waals surface area contributed by atoms with E-state index in [4.69, 9.17) is 11.6 Å². The molecule has 184 valence electrons. The number of nitrogens with one attached hydrogen (secondary N) is 1. The second kappa shape index (κ2) is 13.4. The maximum atomic E-state index is 13.6. The summed E-state index contributed by atoms with van der Waals surface area (Å²) in [6.07, 6.45) is 0.429. The van der Waals surface area contributed by atoms with Gasteiger partial charge in [0.05, 0.1) is 5.75 Å². The van der Waals surface area contributed by atoms with Gasteiger partial charge in [-0.15, -0.1) is 11.8 Å². The number of nitrogens with zero attached hydrogens (tertiary/aromatic N) is 1. The summed E-state index contributed by atoms with van der Waals surface area (Å²) in [7, 11) is 0. The van der Waals surface area contributed by atoms with Crippen LogP contribution in [0.5, 0.6) is 0 Å². The molecule has 0 heterocycles. The van der Waals surface area contributed by atoms with Crippen molar-refractivity contribution in [2.45, 2.75) is 51.6 Å². The predicted octanol–water partition coefficient (Wildman–Crippen LogP) is 6.05. The predicted molar refractivity (Wildman–Crippen MR) is 147 cm³/mol. The Hall–Kier alpha value is -2.76. The third-order valence-corrected chi connectivity index (χ3v) is 6.93. The zero-order valence-electron chi connectivity index (χ0n) is 20.5. The molecule has 6 heteroatoms. The smallest absolute Gasteiger partial charge is 0.243 e. The molecule has 3 rings (SSSR count). The maximum absolute atomic E-state index is 13.6. The molecule has 0 aliphatic carbocycles. The van der Waals surface area contributed by atoms with Crippen molar-refractivity contribution in [2.75, 3.05) is 5.75 Å². The third kappa shape index (κ3) is 8.44. The molecule has 0 saturated carbocycles. The van der Waals surface area contributed by atoms with E-state index in [1.54, 1.807) is 16.7 Å². The Morgan fingerprint density at radius 2 is 1.63 bits per heavy atom. The number of hydrogen-bond acceptors (Lipinski definition) is 3. The van der Waals surface area contributed by atoms with E-state index < -0.39 is 6.04 Å². The van der Waals surface area contributed by atoms with E-state index in [1.807, 2.05) is 74.5 Å². The van der Waals surface area contributed by atoms with Gasteiger partial charge in [-0.1, -0.05) is 90.0 Å². The molecule has 0 saturated heterocycles. The summed E-state index contributed by atoms with van der Waals surface area (Å²) < 4.78 is 0. The molecule has 0 aliphatic rings. The minimum atomic E-state index is -0.650. The van der Waals surface area contributed by atoms with Crippen molar-refractivity contribution < 1.29 is 9.59 Å². The van der Waals surface area contributed by atoms with E-state index in [0.29, 0.717) is 11.4 Å². The van der Waals surface area contributed by atoms with Crippen LogP contribution in [0.2, 0.25) is 5.02 Å². The van der Waals surface area contributed by atoms with Crippen molar-refractivity contribution >= 4 is 35.2 Å². The zero-order chi connectivity index (χ0) is 25.2. The molecule has 2 amide bonds. The number of aryl methyl sites for hydroxylation is 1. The molecule has 0 radical (unpaired) electrons. The Labute approximate surface area is 218 Å². The first kappa shape index (κ1) is 26.8. The van der Waals surface area contributed by atoms with Gasteiger partial charge in [0.15, 0.2) is 0 Å². The second-order valence-corrected chi connectivity index (χ2v) is 10.4. The van der Waals surface area contributed by atoms with Gasteiger partial charge in [-0.2, -0.15) is 0 Å². The van der Waals surface area contributed by atoms with E-state index in [2.05, 4.69) is 30.4 Å². The van der Waals surface area contributed by atoms with Crippen LogP contribution in [0.4, 0.5) is 0 Å². The molecule has 1 unspecified atom stereocenters. The first-order valence-corrected chi connectivity index (χ1v) is 13.4. The Bertz CT molecular complexity index is 1120. The lowest BCUT2D eigenvalue weighted by Crippen LogP contribution is -2.52. The van der Waals surface area contributed by atoms with Crippen molar-refractivity contribution in [3.8, 4) is 0 Å². The van der Waals surface area contributed by atoms with Crippen LogP contribution in [0.25, 0.3) is 0 Å². The van der Waals surface area contributed by atoms with Crippen LogP contribution in [0.1, 0.15) is 36.1 Å². The number of halogens is 1. The van der Waals surface area contributed by atoms with Gasteiger partial charge < -0.3 is 10.2 Å². The standard InChI is InChI=1S/C29H33ClN2O2S/c1-21(2)31-29(34)27(17-23-11-5-4-6-12-23)32(18-25-14-7-8-15-26(25)30)28(33)20-35-19-24-13-9-10-22(3)16-24/h4-16,21,27H,17-20H2,1-3H3,(H,31,34). The highest BCUT2D eigenvalue weighted by molar-refractivity contribution is 7.99. The van der Waals surface area contributed by atoms with Crippen LogP contribution in [-0.2, 0) is 28.3 Å². The molecule has 3 aromatic rings. The number of thioether (sulfide) groups is 1. The minimum Gasteiger partial charge on any atom is -0.352 e. The quantitative estimate of drug-likeness (QED) is 0.343. The Kier molecular flexibility index (Phi) is 10.2. The van der Waals surface area contributed by atoms with E-state index in [-0.39, 0.29) is 30.2 Å². The molecule has 0 aromatic heterocycles. The zero-order valence-corrected chi connectivity index (χ0v) is 22.1. The Morgan fingerprint density at radius 3 is 2.31 bits per heavy atom. The lowest BCUT2D eigenvalue weighted by molar-refractivity contribution is -0.139. The summed E-state index contributed by atoms with van der Waals surface area (Å²) in [6.45, 7) is 6.18. The van der Waals surface area contributed by atoms with Crippen LogP contribution < -0.4 is 5.32 Å². The molecule has 0 fully saturated rings. The molecule has 0 bridgehead atoms. The molecule has 0 aliphatic heterocycles. The highest BCUT2D eigenvalue weighted by Gasteiger charge is 2.31. The van der Waals surface area contributed by atoms with Crippen LogP contribution in [0, 0.1) is 6.92 Å². The van der Waals surface area contributed by atoms with Gasteiger partial charge in [-0.3, -0.25) is 9.59 Å². The lowest BCUT2D eigenvalue weighted by atomic mass is 10.0. The molecule has 3 aromatic carbocycles. The second-order valence-electron chi connectivity index (χ2n) is 8.96. The van der Waals surface area contributed by atoms with Crippen molar-refractivity contribution in [1.29, 1.82) is 0 Å². The first-order chi connectivity index (χ1) is 16.8. The van der Waals surface area contributed by atoms with E-state index >= 15 is 0 Å². The molecule has 1 atom stereocenters. The number of hydrogen-bond donors (Lipinski definition) is 1. The van der Waals surface area contributed by atoms with Crippen LogP contribution in [0.3, 0.4) is 0 Å². The highest BCUT2D eigenvalue weighted by Crippen LogP contribution is 2.22. The third-order valence-electron chi connectivity index (χ3n) is 5.58. The topological polar surface area (TPSA) is 49.4 Å². The normalized spacial score (nSPS) is 11.8. The maximum Gasteiger partial charge on any atom is 0.243 e. The van der Waals surface area contributed by atoms with Crippen LogP contribution >= 0.6 is 23.4 Å². The fourth-order valence-electron chi connectivity index (χ4n) is 3.89. The van der Waals surface area contributed by atoms with Gasteiger partial charge in [-0.05, 0) is 43.5 Å². The number of carbonyl (C=O) groups excluding carboxylic acids is 2. The fraction of sp³-hybridized carbons (Fsp3) is 0.310. The average Bonchev–Trinajstić information content (AvgIpc) is 2.82. The van der Waals surface area contributed by atoms with Gasteiger partial charge in [0, 0.05) is 29.8 Å². The Morgan fingerprint density at radius 1 is 0.943 bits per heavy atom. The lowest BCUT2D eigenvalue weighted by Gasteiger charge is -2.32. The van der Waals surface area contributed by atoms with Gasteiger partial charge >= 0.3 is 0 Å². The molecule has 1 N–H and O–H groups in total. The van der Waals surface area contributed by atoms with Crippen molar-refractivity contribution in [2.24, 2.45) is 0 Å². The number of amides is 2. The summed E-state index contributed by atoms with van der Waals surface area (Å²) in [5.74, 6) is 0.767. The first-order valence-electron chi connectivity index (χ1n) is 11.8. The highest BCUT2D eigenvalue weighted by atomic mass is 35.5. The fourth-order valence-corrected chi connectivity index (χ4v) is 4.94. The average molecular weight is 509 g/mol. The number of rotatable bonds is 11. The molecule has 0 spiro atoms. The number of benzene rings is 3. The summed E-state index contributed by atoms with van der Waals surface area (Å²) >= 11 is 8.02. The summed E-state index contributed by atoms with van der Waals surface area (Å²) in [4.78, 5) is 28.7.